The lowest BCUT2D eigenvalue weighted by Crippen LogP contribution is -2.50. The first-order valence-corrected chi connectivity index (χ1v) is 10.0. The highest BCUT2D eigenvalue weighted by atomic mass is 32.2. The van der Waals surface area contributed by atoms with Gasteiger partial charge in [-0.15, -0.1) is 5.10 Å². The zero-order chi connectivity index (χ0) is 18.4. The topological polar surface area (TPSA) is 108 Å². The average molecular weight is 387 g/mol. The van der Waals surface area contributed by atoms with Crippen molar-refractivity contribution in [2.75, 3.05) is 19.7 Å². The summed E-state index contributed by atoms with van der Waals surface area (Å²) in [6.07, 6.45) is 5.76. The summed E-state index contributed by atoms with van der Waals surface area (Å²) in [6.45, 7) is 1.78. The molecule has 0 unspecified atom stereocenters. The number of hydrogen-bond donors (Lipinski definition) is 0. The minimum atomic E-state index is -3.51. The maximum atomic E-state index is 12.8. The van der Waals surface area contributed by atoms with Crippen molar-refractivity contribution in [2.24, 2.45) is 0 Å². The Hall–Kier alpha value is -2.79. The lowest BCUT2D eigenvalue weighted by molar-refractivity contribution is 0.189. The van der Waals surface area contributed by atoms with Crippen LogP contribution in [-0.4, -0.2) is 62.4 Å². The molecule has 1 aromatic carbocycles. The molecular weight excluding hydrogens is 370 g/mol. The molecule has 1 fully saturated rings. The van der Waals surface area contributed by atoms with E-state index in [1.807, 2.05) is 6.20 Å². The second-order valence-electron chi connectivity index (χ2n) is 6.59. The van der Waals surface area contributed by atoms with Crippen LogP contribution in [0.1, 0.15) is 17.3 Å². The maximum absolute atomic E-state index is 12.8. The summed E-state index contributed by atoms with van der Waals surface area (Å²) in [5, 5.41) is 16.3. The molecule has 2 aromatic heterocycles. The summed E-state index contributed by atoms with van der Waals surface area (Å²) in [4.78, 5) is 1.83. The fourth-order valence-electron chi connectivity index (χ4n) is 3.29. The maximum Gasteiger partial charge on any atom is 0.243 e. The van der Waals surface area contributed by atoms with E-state index in [1.54, 1.807) is 35.3 Å². The van der Waals surface area contributed by atoms with Gasteiger partial charge >= 0.3 is 0 Å². The summed E-state index contributed by atoms with van der Waals surface area (Å²) < 4.78 is 34.3. The van der Waals surface area contributed by atoms with E-state index < -0.39 is 10.0 Å². The van der Waals surface area contributed by atoms with Gasteiger partial charge in [-0.05, 0) is 23.8 Å². The zero-order valence-electron chi connectivity index (χ0n) is 14.3. The third-order valence-corrected chi connectivity index (χ3v) is 6.66. The van der Waals surface area contributed by atoms with Crippen LogP contribution in [0.5, 0.6) is 5.75 Å². The molecule has 0 aliphatic carbocycles. The van der Waals surface area contributed by atoms with Crippen LogP contribution in [0.2, 0.25) is 0 Å². The normalized spacial score (nSPS) is 17.5. The summed E-state index contributed by atoms with van der Waals surface area (Å²) in [6, 6.07) is 5.04. The molecule has 1 saturated heterocycles. The van der Waals surface area contributed by atoms with E-state index >= 15 is 0 Å². The molecule has 11 heteroatoms. The monoisotopic (exact) mass is 387 g/mol. The molecule has 0 radical (unpaired) electrons. The molecule has 10 nitrogen and oxygen atoms in total. The van der Waals surface area contributed by atoms with Crippen LogP contribution in [0.15, 0.2) is 41.7 Å². The molecule has 0 saturated carbocycles. The van der Waals surface area contributed by atoms with Crippen molar-refractivity contribution >= 4 is 10.0 Å². The Labute approximate surface area is 155 Å². The molecule has 2 aliphatic rings. The van der Waals surface area contributed by atoms with Gasteiger partial charge in [-0.1, -0.05) is 5.21 Å². The van der Waals surface area contributed by atoms with Gasteiger partial charge in [0, 0.05) is 19.5 Å². The highest BCUT2D eigenvalue weighted by molar-refractivity contribution is 7.89. The number of fused-ring (bicyclic) bond motifs is 1. The molecule has 2 aliphatic heterocycles. The van der Waals surface area contributed by atoms with Gasteiger partial charge in [-0.25, -0.2) is 13.1 Å². The van der Waals surface area contributed by atoms with E-state index in [0.717, 1.165) is 23.4 Å². The van der Waals surface area contributed by atoms with Crippen LogP contribution in [-0.2, 0) is 23.0 Å². The average Bonchev–Trinajstić information content (AvgIpc) is 3.34. The number of sulfonamides is 1. The number of aromatic nitrogens is 6. The third kappa shape index (κ3) is 2.88. The summed E-state index contributed by atoms with van der Waals surface area (Å²) in [7, 11) is -3.51. The first-order valence-electron chi connectivity index (χ1n) is 8.60. The molecule has 5 rings (SSSR count). The van der Waals surface area contributed by atoms with E-state index in [-0.39, 0.29) is 6.04 Å². The highest BCUT2D eigenvalue weighted by Crippen LogP contribution is 2.32. The summed E-state index contributed by atoms with van der Waals surface area (Å²) >= 11 is 0. The second-order valence-corrected chi connectivity index (χ2v) is 8.53. The zero-order valence-corrected chi connectivity index (χ0v) is 15.2. The Morgan fingerprint density at radius 1 is 1.19 bits per heavy atom. The van der Waals surface area contributed by atoms with Crippen LogP contribution in [0.4, 0.5) is 0 Å². The smallest absolute Gasteiger partial charge is 0.243 e. The fraction of sp³-hybridized carbons (Fsp3) is 0.375. The molecule has 0 amide bonds. The van der Waals surface area contributed by atoms with E-state index in [4.69, 9.17) is 4.74 Å². The number of nitrogens with zero attached hydrogens (tertiary/aromatic N) is 7. The Morgan fingerprint density at radius 3 is 2.81 bits per heavy atom. The lowest BCUT2D eigenvalue weighted by Gasteiger charge is -2.37. The first-order chi connectivity index (χ1) is 13.1. The molecule has 0 spiro atoms. The van der Waals surface area contributed by atoms with Crippen molar-refractivity contribution in [3.8, 4) is 5.75 Å². The number of benzene rings is 1. The molecule has 0 atom stereocenters. The molecular formula is C16H17N7O3S. The third-order valence-electron chi connectivity index (χ3n) is 4.83. The van der Waals surface area contributed by atoms with Crippen molar-refractivity contribution in [1.82, 2.24) is 34.3 Å². The highest BCUT2D eigenvalue weighted by Gasteiger charge is 2.38. The Bertz CT molecular complexity index is 1070. The standard InChI is InChI=1S/C16H17N7O3S/c24-27(25,15-1-2-16-12(7-15)3-6-26-16)21-10-14(11-21)22-8-13(19-20-22)9-23-17-4-5-18-23/h1-2,4-5,7-8,14H,3,6,9-11H2. The van der Waals surface area contributed by atoms with Gasteiger partial charge in [-0.2, -0.15) is 19.3 Å². The number of hydrogen-bond acceptors (Lipinski definition) is 7. The van der Waals surface area contributed by atoms with Gasteiger partial charge in [0.1, 0.15) is 18.0 Å². The predicted molar refractivity (Wildman–Crippen MR) is 92.6 cm³/mol. The second kappa shape index (κ2) is 6.13. The molecule has 140 valence electrons. The van der Waals surface area contributed by atoms with E-state index in [9.17, 15) is 8.42 Å². The minimum absolute atomic E-state index is 0.0237. The summed E-state index contributed by atoms with van der Waals surface area (Å²) in [5.41, 5.74) is 1.67. The lowest BCUT2D eigenvalue weighted by atomic mass is 10.2. The van der Waals surface area contributed by atoms with Crippen molar-refractivity contribution < 1.29 is 13.2 Å². The first kappa shape index (κ1) is 16.4. The number of ether oxygens (including phenoxy) is 1. The van der Waals surface area contributed by atoms with Crippen LogP contribution in [0.25, 0.3) is 0 Å². The van der Waals surface area contributed by atoms with Crippen LogP contribution < -0.4 is 4.74 Å². The SMILES string of the molecule is O=S(=O)(c1ccc2c(c1)CCO2)N1CC(n2cc(Cn3nccn3)nn2)C1. The van der Waals surface area contributed by atoms with Gasteiger partial charge in [0.25, 0.3) is 0 Å². The van der Waals surface area contributed by atoms with Crippen molar-refractivity contribution in [2.45, 2.75) is 23.9 Å². The van der Waals surface area contributed by atoms with E-state index in [2.05, 4.69) is 20.5 Å². The van der Waals surface area contributed by atoms with Gasteiger partial charge in [0.05, 0.1) is 36.1 Å². The fourth-order valence-corrected chi connectivity index (χ4v) is 4.85. The van der Waals surface area contributed by atoms with Gasteiger partial charge in [0.15, 0.2) is 0 Å². The minimum Gasteiger partial charge on any atom is -0.493 e. The van der Waals surface area contributed by atoms with Crippen LogP contribution in [0.3, 0.4) is 0 Å². The van der Waals surface area contributed by atoms with Crippen LogP contribution >= 0.6 is 0 Å². The molecule has 27 heavy (non-hydrogen) atoms. The van der Waals surface area contributed by atoms with Crippen molar-refractivity contribution in [3.05, 3.63) is 48.0 Å². The predicted octanol–water partition coefficient (Wildman–Crippen LogP) is 0.0984. The van der Waals surface area contributed by atoms with Crippen molar-refractivity contribution in [3.63, 3.8) is 0 Å². The Kier molecular flexibility index (Phi) is 3.72. The van der Waals surface area contributed by atoms with E-state index in [1.165, 1.54) is 9.10 Å². The Balaban J connectivity index is 1.27. The van der Waals surface area contributed by atoms with Crippen LogP contribution in [0, 0.1) is 0 Å². The summed E-state index contributed by atoms with van der Waals surface area (Å²) in [5.74, 6) is 0.775. The molecule has 3 aromatic rings. The van der Waals surface area contributed by atoms with Gasteiger partial charge in [-0.3, -0.25) is 0 Å². The number of rotatable bonds is 5. The Morgan fingerprint density at radius 2 is 2.00 bits per heavy atom. The van der Waals surface area contributed by atoms with Crippen molar-refractivity contribution in [1.29, 1.82) is 0 Å². The van der Waals surface area contributed by atoms with Gasteiger partial charge in [0.2, 0.25) is 10.0 Å². The largest absolute Gasteiger partial charge is 0.493 e. The van der Waals surface area contributed by atoms with E-state index in [0.29, 0.717) is 31.1 Å². The molecule has 0 N–H and O–H groups in total. The van der Waals surface area contributed by atoms with Gasteiger partial charge < -0.3 is 4.74 Å². The molecule has 0 bridgehead atoms. The molecule has 4 heterocycles. The quantitative estimate of drug-likeness (QED) is 0.611.